The maximum absolute atomic E-state index is 13.2. The third-order valence-electron chi connectivity index (χ3n) is 6.77. The summed E-state index contributed by atoms with van der Waals surface area (Å²) in [5, 5.41) is 2.15. The van der Waals surface area contributed by atoms with E-state index in [0.717, 1.165) is 18.5 Å². The Morgan fingerprint density at radius 3 is 2.24 bits per heavy atom. The predicted molar refractivity (Wildman–Crippen MR) is 131 cm³/mol. The van der Waals surface area contributed by atoms with E-state index in [1.165, 1.54) is 28.1 Å². The number of hydrogen-bond donors (Lipinski definition) is 0. The molecule has 2 aliphatic rings. The highest BCUT2D eigenvalue weighted by Crippen LogP contribution is 2.37. The van der Waals surface area contributed by atoms with Crippen LogP contribution in [0.3, 0.4) is 0 Å². The van der Waals surface area contributed by atoms with E-state index in [9.17, 15) is 14.0 Å². The molecule has 0 bridgehead atoms. The first-order chi connectivity index (χ1) is 16.6. The van der Waals surface area contributed by atoms with E-state index < -0.39 is 0 Å². The Morgan fingerprint density at radius 1 is 0.853 bits per heavy atom. The molecule has 1 saturated heterocycles. The summed E-state index contributed by atoms with van der Waals surface area (Å²) in [6.07, 6.45) is 1.22. The van der Waals surface area contributed by atoms with Crippen LogP contribution >= 0.6 is 11.3 Å². The SMILES string of the molecule is O=C(Cc1ccc(F)cc1)N1CCN(C(=O)CN2CCc3sccc3C2c2ccccc2)CC1. The molecule has 2 amide bonds. The number of thiophene rings is 1. The lowest BCUT2D eigenvalue weighted by Crippen LogP contribution is -2.53. The molecule has 7 heteroatoms. The Bertz CT molecular complexity index is 1140. The van der Waals surface area contributed by atoms with Gasteiger partial charge in [-0.2, -0.15) is 0 Å². The number of carbonyl (C=O) groups is 2. The van der Waals surface area contributed by atoms with Gasteiger partial charge in [0, 0.05) is 37.6 Å². The number of rotatable bonds is 5. The summed E-state index contributed by atoms with van der Waals surface area (Å²) in [6, 6.07) is 18.7. The van der Waals surface area contributed by atoms with Crippen LogP contribution < -0.4 is 0 Å². The zero-order chi connectivity index (χ0) is 23.5. The monoisotopic (exact) mass is 477 g/mol. The molecular formula is C27H28FN3O2S. The van der Waals surface area contributed by atoms with E-state index in [-0.39, 0.29) is 30.1 Å². The van der Waals surface area contributed by atoms with Gasteiger partial charge in [-0.05, 0) is 46.7 Å². The molecule has 0 aliphatic carbocycles. The summed E-state index contributed by atoms with van der Waals surface area (Å²) in [5.74, 6) is -0.170. The van der Waals surface area contributed by atoms with Crippen LogP contribution in [0.5, 0.6) is 0 Å². The molecule has 1 atom stereocenters. The number of piperazine rings is 1. The Hall–Kier alpha value is -3.03. The van der Waals surface area contributed by atoms with Crippen LogP contribution in [0.25, 0.3) is 0 Å². The number of benzene rings is 2. The van der Waals surface area contributed by atoms with Gasteiger partial charge in [0.15, 0.2) is 0 Å². The van der Waals surface area contributed by atoms with Crippen molar-refractivity contribution in [1.29, 1.82) is 0 Å². The van der Waals surface area contributed by atoms with Crippen molar-refractivity contribution < 1.29 is 14.0 Å². The quantitative estimate of drug-likeness (QED) is 0.562. The molecule has 2 aliphatic heterocycles. The predicted octanol–water partition coefficient (Wildman–Crippen LogP) is 3.75. The lowest BCUT2D eigenvalue weighted by Gasteiger charge is -2.39. The number of carbonyl (C=O) groups excluding carboxylic acids is 2. The van der Waals surface area contributed by atoms with Gasteiger partial charge in [-0.1, -0.05) is 42.5 Å². The van der Waals surface area contributed by atoms with Crippen molar-refractivity contribution in [1.82, 2.24) is 14.7 Å². The lowest BCUT2D eigenvalue weighted by molar-refractivity contribution is -0.140. The second kappa shape index (κ2) is 10.1. The number of nitrogens with zero attached hydrogens (tertiary/aromatic N) is 3. The standard InChI is InChI=1S/C27H28FN3O2S/c28-22-8-6-20(7-9-22)18-25(32)29-13-15-30(16-14-29)26(33)19-31-12-10-24-23(11-17-34-24)27(31)21-4-2-1-3-5-21/h1-9,11,17,27H,10,12-16,18-19H2. The Kier molecular flexibility index (Phi) is 6.74. The summed E-state index contributed by atoms with van der Waals surface area (Å²) in [5.41, 5.74) is 3.33. The molecular weight excluding hydrogens is 449 g/mol. The van der Waals surface area contributed by atoms with Crippen LogP contribution in [-0.2, 0) is 22.4 Å². The van der Waals surface area contributed by atoms with Crippen LogP contribution in [0.2, 0.25) is 0 Å². The van der Waals surface area contributed by atoms with E-state index in [1.54, 1.807) is 28.4 Å². The van der Waals surface area contributed by atoms with Crippen molar-refractivity contribution in [3.63, 3.8) is 0 Å². The fourth-order valence-electron chi connectivity index (χ4n) is 4.93. The highest BCUT2D eigenvalue weighted by molar-refractivity contribution is 7.10. The zero-order valence-corrected chi connectivity index (χ0v) is 19.8. The van der Waals surface area contributed by atoms with Gasteiger partial charge in [0.1, 0.15) is 5.82 Å². The number of halogens is 1. The van der Waals surface area contributed by atoms with Gasteiger partial charge in [-0.3, -0.25) is 14.5 Å². The summed E-state index contributed by atoms with van der Waals surface area (Å²) >= 11 is 1.80. The first-order valence-corrected chi connectivity index (χ1v) is 12.6. The first kappa shape index (κ1) is 22.7. The molecule has 1 aromatic heterocycles. The molecule has 0 N–H and O–H groups in total. The molecule has 5 nitrogen and oxygen atoms in total. The molecule has 0 saturated carbocycles. The fraction of sp³-hybridized carbons (Fsp3) is 0.333. The maximum atomic E-state index is 13.2. The molecule has 3 heterocycles. The van der Waals surface area contributed by atoms with Gasteiger partial charge in [0.05, 0.1) is 19.0 Å². The molecule has 0 radical (unpaired) electrons. The summed E-state index contributed by atoms with van der Waals surface area (Å²) in [7, 11) is 0. The Balaban J connectivity index is 1.19. The number of amides is 2. The average molecular weight is 478 g/mol. The van der Waals surface area contributed by atoms with Gasteiger partial charge in [-0.25, -0.2) is 4.39 Å². The van der Waals surface area contributed by atoms with Gasteiger partial charge < -0.3 is 9.80 Å². The summed E-state index contributed by atoms with van der Waals surface area (Å²) < 4.78 is 13.1. The highest BCUT2D eigenvalue weighted by atomic mass is 32.1. The average Bonchev–Trinajstić information content (AvgIpc) is 3.35. The van der Waals surface area contributed by atoms with Crippen LogP contribution in [0.1, 0.15) is 27.6 Å². The lowest BCUT2D eigenvalue weighted by atomic mass is 9.93. The third-order valence-corrected chi connectivity index (χ3v) is 7.77. The molecule has 2 aromatic carbocycles. The van der Waals surface area contributed by atoms with E-state index in [0.29, 0.717) is 32.7 Å². The molecule has 0 spiro atoms. The van der Waals surface area contributed by atoms with E-state index in [4.69, 9.17) is 0 Å². The Morgan fingerprint density at radius 2 is 1.53 bits per heavy atom. The van der Waals surface area contributed by atoms with Crippen LogP contribution in [0.15, 0.2) is 66.0 Å². The second-order valence-corrected chi connectivity index (χ2v) is 9.90. The van der Waals surface area contributed by atoms with E-state index in [1.807, 2.05) is 11.0 Å². The fourth-order valence-corrected chi connectivity index (χ4v) is 5.84. The minimum atomic E-state index is -0.304. The Labute approximate surface area is 203 Å². The minimum Gasteiger partial charge on any atom is -0.339 e. The molecule has 5 rings (SSSR count). The largest absolute Gasteiger partial charge is 0.339 e. The maximum Gasteiger partial charge on any atom is 0.236 e. The van der Waals surface area contributed by atoms with Crippen molar-refractivity contribution in [3.8, 4) is 0 Å². The van der Waals surface area contributed by atoms with Gasteiger partial charge in [0.25, 0.3) is 0 Å². The number of hydrogen-bond acceptors (Lipinski definition) is 4. The number of fused-ring (bicyclic) bond motifs is 1. The van der Waals surface area contributed by atoms with Crippen molar-refractivity contribution in [2.45, 2.75) is 18.9 Å². The molecule has 1 unspecified atom stereocenters. The first-order valence-electron chi connectivity index (χ1n) is 11.7. The van der Waals surface area contributed by atoms with Crippen LogP contribution in [0, 0.1) is 5.82 Å². The molecule has 3 aromatic rings. The van der Waals surface area contributed by atoms with Crippen LogP contribution in [0.4, 0.5) is 4.39 Å². The molecule has 176 valence electrons. The van der Waals surface area contributed by atoms with Crippen molar-refractivity contribution in [2.75, 3.05) is 39.3 Å². The van der Waals surface area contributed by atoms with Gasteiger partial charge in [-0.15, -0.1) is 11.3 Å². The van der Waals surface area contributed by atoms with E-state index in [2.05, 4.69) is 40.6 Å². The third kappa shape index (κ3) is 4.91. The van der Waals surface area contributed by atoms with Crippen molar-refractivity contribution >= 4 is 23.2 Å². The summed E-state index contributed by atoms with van der Waals surface area (Å²) in [4.78, 5) is 33.3. The molecule has 1 fully saturated rings. The smallest absolute Gasteiger partial charge is 0.236 e. The van der Waals surface area contributed by atoms with Crippen LogP contribution in [-0.4, -0.2) is 65.8 Å². The van der Waals surface area contributed by atoms with E-state index >= 15 is 0 Å². The zero-order valence-electron chi connectivity index (χ0n) is 19.0. The molecule has 34 heavy (non-hydrogen) atoms. The van der Waals surface area contributed by atoms with Crippen molar-refractivity contribution in [3.05, 3.63) is 93.4 Å². The topological polar surface area (TPSA) is 43.9 Å². The van der Waals surface area contributed by atoms with Crippen molar-refractivity contribution in [2.24, 2.45) is 0 Å². The van der Waals surface area contributed by atoms with Gasteiger partial charge in [0.2, 0.25) is 11.8 Å². The second-order valence-electron chi connectivity index (χ2n) is 8.90. The summed E-state index contributed by atoms with van der Waals surface area (Å²) in [6.45, 7) is 3.38. The highest BCUT2D eigenvalue weighted by Gasteiger charge is 2.32. The van der Waals surface area contributed by atoms with Gasteiger partial charge >= 0.3 is 0 Å². The minimum absolute atomic E-state index is 0.0175. The normalized spacial score (nSPS) is 18.6.